The van der Waals surface area contributed by atoms with Gasteiger partial charge in [0.1, 0.15) is 24.4 Å². The first kappa shape index (κ1) is 20.8. The van der Waals surface area contributed by atoms with E-state index in [-0.39, 0.29) is 13.2 Å². The van der Waals surface area contributed by atoms with E-state index in [0.717, 1.165) is 0 Å². The summed E-state index contributed by atoms with van der Waals surface area (Å²) in [5.74, 6) is 0. The van der Waals surface area contributed by atoms with Crippen LogP contribution in [0.5, 0.6) is 0 Å². The van der Waals surface area contributed by atoms with Gasteiger partial charge in [-0.25, -0.2) is 8.78 Å². The van der Waals surface area contributed by atoms with Crippen LogP contribution in [0.4, 0.5) is 8.78 Å². The number of alkyl halides is 2. The summed E-state index contributed by atoms with van der Waals surface area (Å²) in [7, 11) is -7.41. The molecule has 0 spiro atoms. The minimum absolute atomic E-state index is 0.328. The zero-order chi connectivity index (χ0) is 19.3. The molecule has 2 bridgehead atoms. The fourth-order valence-electron chi connectivity index (χ4n) is 3.25. The average Bonchev–Trinajstić information content (AvgIpc) is 2.95. The van der Waals surface area contributed by atoms with Gasteiger partial charge in [-0.3, -0.25) is 18.2 Å². The molecule has 3 aliphatic rings. The molecule has 0 N–H and O–H groups in total. The fraction of sp³-hybridized carbons (Fsp3) is 1.00. The lowest BCUT2D eigenvalue weighted by Crippen LogP contribution is -2.34. The highest BCUT2D eigenvalue weighted by atomic mass is 31.2. The molecule has 12 heteroatoms. The lowest BCUT2D eigenvalue weighted by Gasteiger charge is -2.25. The van der Waals surface area contributed by atoms with E-state index < -0.39 is 64.2 Å². The van der Waals surface area contributed by atoms with Gasteiger partial charge in [0, 0.05) is 13.3 Å². The Hall–Kier alpha value is 0.0800. The molecular weight excluding hydrogens is 396 g/mol. The van der Waals surface area contributed by atoms with Crippen molar-refractivity contribution in [3.05, 3.63) is 0 Å². The van der Waals surface area contributed by atoms with Crippen molar-refractivity contribution < 1.29 is 45.5 Å². The van der Waals surface area contributed by atoms with Crippen LogP contribution in [0.15, 0.2) is 0 Å². The van der Waals surface area contributed by atoms with Crippen molar-refractivity contribution in [2.45, 2.75) is 62.8 Å². The van der Waals surface area contributed by atoms with Crippen LogP contribution in [0.1, 0.15) is 13.8 Å². The largest absolute Gasteiger partial charge is 0.367 e. The van der Waals surface area contributed by atoms with Gasteiger partial charge < -0.3 is 18.5 Å². The van der Waals surface area contributed by atoms with E-state index in [4.69, 9.17) is 27.6 Å². The first-order valence-electron chi connectivity index (χ1n) is 8.39. The van der Waals surface area contributed by atoms with Gasteiger partial charge in [-0.15, -0.1) is 0 Å². The van der Waals surface area contributed by atoms with Gasteiger partial charge in [0.2, 0.25) is 0 Å². The molecule has 26 heavy (non-hydrogen) atoms. The van der Waals surface area contributed by atoms with Gasteiger partial charge >= 0.3 is 15.2 Å². The summed E-state index contributed by atoms with van der Waals surface area (Å²) in [4.78, 5) is 0. The van der Waals surface area contributed by atoms with Crippen molar-refractivity contribution in [3.63, 3.8) is 0 Å². The summed E-state index contributed by atoms with van der Waals surface area (Å²) in [6.45, 7) is 4.73. The van der Waals surface area contributed by atoms with E-state index in [0.29, 0.717) is 0 Å². The lowest BCUT2D eigenvalue weighted by molar-refractivity contribution is -0.0253. The van der Waals surface area contributed by atoms with Crippen LogP contribution < -0.4 is 0 Å². The predicted octanol–water partition coefficient (Wildman–Crippen LogP) is 2.70. The maximum absolute atomic E-state index is 14.6. The number of halogens is 2. The molecule has 152 valence electrons. The van der Waals surface area contributed by atoms with Gasteiger partial charge in [0.05, 0.1) is 25.4 Å². The molecule has 3 fully saturated rings. The molecule has 3 heterocycles. The predicted molar refractivity (Wildman–Crippen MR) is 87.2 cm³/mol. The van der Waals surface area contributed by atoms with Gasteiger partial charge in [-0.2, -0.15) is 0 Å². The lowest BCUT2D eigenvalue weighted by atomic mass is 10.1. The average molecular weight is 420 g/mol. The SMILES string of the molecule is C[C@@H]1O[C@@H]2COP(C)(=O)O[C@@H]3[C@@H](F)[C@@H](COP(C)(=O)O[C@H]2[C@@H]1F)O[C@H]3C. The molecule has 0 aliphatic carbocycles. The van der Waals surface area contributed by atoms with E-state index in [1.165, 1.54) is 20.3 Å². The molecule has 0 aromatic rings. The first-order valence-corrected chi connectivity index (χ1v) is 12.4. The third kappa shape index (κ3) is 4.39. The highest BCUT2D eigenvalue weighted by molar-refractivity contribution is 7.53. The second kappa shape index (κ2) is 7.48. The maximum atomic E-state index is 14.6. The van der Waals surface area contributed by atoms with Crippen LogP contribution in [0.3, 0.4) is 0 Å². The Labute approximate surface area is 150 Å². The number of hydrogen-bond donors (Lipinski definition) is 0. The zero-order valence-corrected chi connectivity index (χ0v) is 16.7. The number of hydrogen-bond acceptors (Lipinski definition) is 8. The third-order valence-corrected chi connectivity index (χ3v) is 7.10. The standard InChI is InChI=1S/C14H24F2O8P2/c1-7-11(15)14-10(21-7)6-20-25(3,17)23-13-8(2)22-9(12(13)16)5-19-26(4,18)24-14/h7-14H,5-6H2,1-4H3/t7-,8-,9+,10+,11+,12-,13-,14+,25?,26?/m0/s1. The summed E-state index contributed by atoms with van der Waals surface area (Å²) in [6, 6.07) is 0. The van der Waals surface area contributed by atoms with Crippen molar-refractivity contribution >= 4 is 15.2 Å². The Kier molecular flexibility index (Phi) is 5.99. The molecular formula is C14H24F2O8P2. The van der Waals surface area contributed by atoms with Crippen molar-refractivity contribution in [2.75, 3.05) is 26.5 Å². The molecule has 3 aliphatic heterocycles. The minimum atomic E-state index is -3.73. The summed E-state index contributed by atoms with van der Waals surface area (Å²) in [6.07, 6.45) is -9.18. The van der Waals surface area contributed by atoms with Gasteiger partial charge in [0.25, 0.3) is 0 Å². The number of fused-ring (bicyclic) bond motifs is 3. The highest BCUT2D eigenvalue weighted by Gasteiger charge is 2.50. The monoisotopic (exact) mass is 420 g/mol. The molecule has 0 aromatic heterocycles. The molecule has 3 rings (SSSR count). The van der Waals surface area contributed by atoms with Crippen molar-refractivity contribution in [1.29, 1.82) is 0 Å². The van der Waals surface area contributed by atoms with E-state index in [2.05, 4.69) is 0 Å². The summed E-state index contributed by atoms with van der Waals surface area (Å²) < 4.78 is 86.1. The van der Waals surface area contributed by atoms with Crippen LogP contribution in [0, 0.1) is 0 Å². The van der Waals surface area contributed by atoms with E-state index in [1.54, 1.807) is 6.92 Å². The molecule has 3 saturated heterocycles. The Balaban J connectivity index is 1.85. The van der Waals surface area contributed by atoms with Crippen LogP contribution in [0.2, 0.25) is 0 Å². The zero-order valence-electron chi connectivity index (χ0n) is 14.9. The Bertz CT molecular complexity index is 622. The van der Waals surface area contributed by atoms with Crippen molar-refractivity contribution in [3.8, 4) is 0 Å². The van der Waals surface area contributed by atoms with E-state index in [1.807, 2.05) is 0 Å². The molecule has 8 nitrogen and oxygen atoms in total. The van der Waals surface area contributed by atoms with Crippen LogP contribution in [-0.4, -0.2) is 75.5 Å². The molecule has 0 radical (unpaired) electrons. The number of ether oxygens (including phenoxy) is 2. The first-order chi connectivity index (χ1) is 12.0. The molecule has 10 atom stereocenters. The normalized spacial score (nSPS) is 56.2. The molecule has 2 unspecified atom stereocenters. The topological polar surface area (TPSA) is 89.5 Å². The molecule has 0 aromatic carbocycles. The third-order valence-electron chi connectivity index (χ3n) is 4.61. The maximum Gasteiger partial charge on any atom is 0.328 e. The molecule has 0 saturated carbocycles. The smallest absolute Gasteiger partial charge is 0.328 e. The fourth-order valence-corrected chi connectivity index (χ4v) is 5.64. The van der Waals surface area contributed by atoms with E-state index >= 15 is 0 Å². The Morgan fingerprint density at radius 2 is 1.27 bits per heavy atom. The quantitative estimate of drug-likeness (QED) is 0.553. The second-order valence-corrected chi connectivity index (χ2v) is 10.9. The van der Waals surface area contributed by atoms with Crippen LogP contribution in [-0.2, 0) is 36.7 Å². The Morgan fingerprint density at radius 1 is 0.769 bits per heavy atom. The van der Waals surface area contributed by atoms with Crippen LogP contribution >= 0.6 is 15.2 Å². The Morgan fingerprint density at radius 3 is 1.88 bits per heavy atom. The summed E-state index contributed by atoms with van der Waals surface area (Å²) in [5.41, 5.74) is 0. The van der Waals surface area contributed by atoms with Gasteiger partial charge in [-0.05, 0) is 13.8 Å². The van der Waals surface area contributed by atoms with Crippen LogP contribution in [0.25, 0.3) is 0 Å². The van der Waals surface area contributed by atoms with Gasteiger partial charge in [0.15, 0.2) is 12.3 Å². The summed E-state index contributed by atoms with van der Waals surface area (Å²) >= 11 is 0. The van der Waals surface area contributed by atoms with Gasteiger partial charge in [-0.1, -0.05) is 0 Å². The second-order valence-electron chi connectivity index (χ2n) is 6.92. The minimum Gasteiger partial charge on any atom is -0.367 e. The molecule has 0 amide bonds. The summed E-state index contributed by atoms with van der Waals surface area (Å²) in [5, 5.41) is 0. The van der Waals surface area contributed by atoms with Crippen molar-refractivity contribution in [1.82, 2.24) is 0 Å². The van der Waals surface area contributed by atoms with Crippen molar-refractivity contribution in [2.24, 2.45) is 0 Å². The number of rotatable bonds is 0. The highest BCUT2D eigenvalue weighted by Crippen LogP contribution is 2.52. The van der Waals surface area contributed by atoms with E-state index in [9.17, 15) is 17.9 Å².